The second-order valence-corrected chi connectivity index (χ2v) is 8.24. The van der Waals surface area contributed by atoms with Gasteiger partial charge in [-0.3, -0.25) is 0 Å². The van der Waals surface area contributed by atoms with Crippen LogP contribution in [0.1, 0.15) is 75.1 Å². The van der Waals surface area contributed by atoms with E-state index in [1.807, 2.05) is 13.8 Å². The van der Waals surface area contributed by atoms with Crippen LogP contribution in [0.2, 0.25) is 0 Å². The van der Waals surface area contributed by atoms with E-state index in [1.54, 1.807) is 6.92 Å². The van der Waals surface area contributed by atoms with Crippen LogP contribution in [0.15, 0.2) is 36.8 Å². The number of nitrogens with one attached hydrogen (secondary N) is 2. The Labute approximate surface area is 192 Å². The summed E-state index contributed by atoms with van der Waals surface area (Å²) in [7, 11) is 0. The molecule has 0 bridgehead atoms. The normalized spacial score (nSPS) is 15.9. The van der Waals surface area contributed by atoms with Crippen LogP contribution in [-0.4, -0.2) is 33.2 Å². The van der Waals surface area contributed by atoms with Gasteiger partial charge in [-0.05, 0) is 43.9 Å². The number of nitrogens with two attached hydrogens (primary N) is 1. The van der Waals surface area contributed by atoms with Gasteiger partial charge in [0.05, 0.1) is 12.1 Å². The average Bonchev–Trinajstić information content (AvgIpc) is 2.79. The lowest BCUT2D eigenvalue weighted by molar-refractivity contribution is 0.272. The van der Waals surface area contributed by atoms with Crippen molar-refractivity contribution in [3.8, 4) is 0 Å². The van der Waals surface area contributed by atoms with E-state index in [9.17, 15) is 0 Å². The Kier molecular flexibility index (Phi) is 7.67. The van der Waals surface area contributed by atoms with E-state index < -0.39 is 0 Å². The number of nitrogens with zero attached hydrogens (tertiary/aromatic N) is 3. The maximum atomic E-state index is 8.05. The number of hydrogen-bond acceptors (Lipinski definition) is 6. The molecule has 2 heterocycles. The third-order valence-electron chi connectivity index (χ3n) is 6.14. The summed E-state index contributed by atoms with van der Waals surface area (Å²) in [6, 6.07) is 6.87. The summed E-state index contributed by atoms with van der Waals surface area (Å²) in [6.07, 6.45) is 9.90. The summed E-state index contributed by atoms with van der Waals surface area (Å²) in [5.41, 5.74) is 12.9. The Morgan fingerprint density at radius 2 is 1.94 bits per heavy atom. The van der Waals surface area contributed by atoms with Gasteiger partial charge in [-0.15, -0.1) is 0 Å². The van der Waals surface area contributed by atoms with Crippen LogP contribution in [0.25, 0.3) is 11.8 Å². The van der Waals surface area contributed by atoms with Gasteiger partial charge < -0.3 is 21.4 Å². The lowest BCUT2D eigenvalue weighted by Crippen LogP contribution is -2.38. The van der Waals surface area contributed by atoms with Gasteiger partial charge in [0.25, 0.3) is 0 Å². The lowest BCUT2D eigenvalue weighted by Gasteiger charge is -2.42. The number of fused-ring (bicyclic) bond motifs is 1. The molecule has 32 heavy (non-hydrogen) atoms. The first-order valence-corrected chi connectivity index (χ1v) is 11.7. The number of rotatable bonds is 5. The molecule has 6 heteroatoms. The minimum Gasteiger partial charge on any atom is -0.383 e. The molecule has 1 aromatic carbocycles. The number of anilines is 2. The molecule has 0 amide bonds. The summed E-state index contributed by atoms with van der Waals surface area (Å²) >= 11 is 0. The maximum absolute atomic E-state index is 8.05. The van der Waals surface area contributed by atoms with Crippen LogP contribution < -0.4 is 11.1 Å². The van der Waals surface area contributed by atoms with Gasteiger partial charge in [0, 0.05) is 28.7 Å². The first-order valence-electron chi connectivity index (χ1n) is 11.7. The average molecular weight is 433 g/mol. The minimum atomic E-state index is 0.326. The Morgan fingerprint density at radius 3 is 2.62 bits per heavy atom. The topological polar surface area (TPSA) is 90.9 Å². The van der Waals surface area contributed by atoms with Crippen molar-refractivity contribution in [3.63, 3.8) is 0 Å². The largest absolute Gasteiger partial charge is 0.383 e. The van der Waals surface area contributed by atoms with Crippen molar-refractivity contribution in [2.45, 2.75) is 65.8 Å². The monoisotopic (exact) mass is 432 g/mol. The van der Waals surface area contributed by atoms with Crippen molar-refractivity contribution in [1.82, 2.24) is 14.9 Å². The van der Waals surface area contributed by atoms with Gasteiger partial charge in [0.2, 0.25) is 0 Å². The first-order chi connectivity index (χ1) is 15.5. The van der Waals surface area contributed by atoms with Crippen LogP contribution in [0, 0.1) is 12.3 Å². The van der Waals surface area contributed by atoms with Crippen molar-refractivity contribution in [2.75, 3.05) is 17.6 Å². The number of aryl methyl sites for hydroxylation is 1. The molecule has 1 aliphatic carbocycles. The highest BCUT2D eigenvalue weighted by atomic mass is 15.2. The Balaban J connectivity index is 0.00000141. The van der Waals surface area contributed by atoms with Gasteiger partial charge in [-0.2, -0.15) is 0 Å². The number of hydrogen-bond donors (Lipinski definition) is 3. The molecule has 0 radical (unpaired) electrons. The molecular weight excluding hydrogens is 396 g/mol. The molecule has 1 aliphatic heterocycles. The van der Waals surface area contributed by atoms with Gasteiger partial charge in [0.1, 0.15) is 18.0 Å². The first kappa shape index (κ1) is 23.5. The van der Waals surface area contributed by atoms with E-state index in [-0.39, 0.29) is 0 Å². The van der Waals surface area contributed by atoms with E-state index in [4.69, 9.17) is 11.1 Å². The fraction of sp³-hybridized carbons (Fsp3) is 0.423. The minimum absolute atomic E-state index is 0.326. The van der Waals surface area contributed by atoms with E-state index in [2.05, 4.69) is 58.0 Å². The molecule has 0 unspecified atom stereocenters. The highest BCUT2D eigenvalue weighted by Crippen LogP contribution is 2.39. The fourth-order valence-electron chi connectivity index (χ4n) is 4.76. The van der Waals surface area contributed by atoms with E-state index in [0.717, 1.165) is 5.70 Å². The van der Waals surface area contributed by atoms with Gasteiger partial charge >= 0.3 is 0 Å². The second kappa shape index (κ2) is 10.4. The molecule has 170 valence electrons. The molecule has 4 rings (SSSR count). The SMILES string of the molecule is C=C1c2c(C)cccc2C=C(CNc2ncnc(N)c2C(C)=N)N1C1CCCCC1.CC. The summed E-state index contributed by atoms with van der Waals surface area (Å²) in [5, 5.41) is 11.5. The van der Waals surface area contributed by atoms with Crippen molar-refractivity contribution < 1.29 is 0 Å². The Bertz CT molecular complexity index is 1020. The van der Waals surface area contributed by atoms with Crippen molar-refractivity contribution in [3.05, 3.63) is 59.1 Å². The zero-order valence-corrected chi connectivity index (χ0v) is 19.8. The second-order valence-electron chi connectivity index (χ2n) is 8.24. The molecule has 2 aliphatic rings. The van der Waals surface area contributed by atoms with Gasteiger partial charge in [-0.25, -0.2) is 9.97 Å². The van der Waals surface area contributed by atoms with E-state index >= 15 is 0 Å². The molecule has 0 saturated heterocycles. The predicted molar refractivity (Wildman–Crippen MR) is 136 cm³/mol. The third kappa shape index (κ3) is 4.69. The summed E-state index contributed by atoms with van der Waals surface area (Å²) in [6.45, 7) is 13.0. The van der Waals surface area contributed by atoms with Crippen LogP contribution >= 0.6 is 0 Å². The highest BCUT2D eigenvalue weighted by Gasteiger charge is 2.30. The fourth-order valence-corrected chi connectivity index (χ4v) is 4.76. The summed E-state index contributed by atoms with van der Waals surface area (Å²) in [5.74, 6) is 0.923. The zero-order chi connectivity index (χ0) is 23.3. The van der Waals surface area contributed by atoms with Crippen molar-refractivity contribution >= 4 is 29.1 Å². The highest BCUT2D eigenvalue weighted by molar-refractivity contribution is 6.04. The molecule has 1 fully saturated rings. The number of aromatic nitrogens is 2. The molecule has 0 spiro atoms. The Morgan fingerprint density at radius 1 is 1.22 bits per heavy atom. The van der Waals surface area contributed by atoms with Crippen LogP contribution in [0.3, 0.4) is 0 Å². The number of benzene rings is 1. The van der Waals surface area contributed by atoms with E-state index in [1.165, 1.54) is 60.8 Å². The van der Waals surface area contributed by atoms with Crippen LogP contribution in [-0.2, 0) is 0 Å². The molecule has 1 saturated carbocycles. The molecule has 1 aromatic heterocycles. The van der Waals surface area contributed by atoms with Gasteiger partial charge in [0.15, 0.2) is 0 Å². The van der Waals surface area contributed by atoms with Crippen molar-refractivity contribution in [2.24, 2.45) is 0 Å². The van der Waals surface area contributed by atoms with Crippen LogP contribution in [0.4, 0.5) is 11.6 Å². The van der Waals surface area contributed by atoms with Crippen LogP contribution in [0.5, 0.6) is 0 Å². The zero-order valence-electron chi connectivity index (χ0n) is 19.8. The Hall–Kier alpha value is -3.15. The predicted octanol–water partition coefficient (Wildman–Crippen LogP) is 5.85. The maximum Gasteiger partial charge on any atom is 0.140 e. The quantitative estimate of drug-likeness (QED) is 0.515. The van der Waals surface area contributed by atoms with E-state index in [0.29, 0.717) is 35.5 Å². The molecule has 4 N–H and O–H groups in total. The summed E-state index contributed by atoms with van der Waals surface area (Å²) in [4.78, 5) is 10.8. The lowest BCUT2D eigenvalue weighted by atomic mass is 9.88. The molecule has 6 nitrogen and oxygen atoms in total. The standard InChI is InChI=1S/C24H30N6.C2H6/c1-15-8-7-9-18-12-20(13-27-24-22(16(2)25)23(26)28-14-29-24)30(17(3)21(15)18)19-10-5-4-6-11-19;1-2/h7-9,12,14,19,25H,3-6,10-11,13H2,1-2H3,(H3,26,27,28,29);1-2H3. The number of nitrogen functional groups attached to an aromatic ring is 1. The van der Waals surface area contributed by atoms with Crippen molar-refractivity contribution in [1.29, 1.82) is 5.41 Å². The third-order valence-corrected chi connectivity index (χ3v) is 6.14. The van der Waals surface area contributed by atoms with Gasteiger partial charge in [-0.1, -0.05) is 57.9 Å². The molecule has 0 atom stereocenters. The molecular formula is C26H36N6. The molecule has 2 aromatic rings. The smallest absolute Gasteiger partial charge is 0.140 e. The summed E-state index contributed by atoms with van der Waals surface area (Å²) < 4.78 is 0.